The molecule has 0 aliphatic carbocycles. The lowest BCUT2D eigenvalue weighted by molar-refractivity contribution is 0.0687. The van der Waals surface area contributed by atoms with Gasteiger partial charge in [0, 0.05) is 12.8 Å². The van der Waals surface area contributed by atoms with E-state index in [0.29, 0.717) is 11.3 Å². The molecule has 8 nitrogen and oxygen atoms in total. The highest BCUT2D eigenvalue weighted by molar-refractivity contribution is 7.92. The van der Waals surface area contributed by atoms with Gasteiger partial charge in [-0.3, -0.25) is 0 Å². The second-order valence-corrected chi connectivity index (χ2v) is 10.1. The summed E-state index contributed by atoms with van der Waals surface area (Å²) in [6, 6.07) is 0. The molecule has 0 bridgehead atoms. The van der Waals surface area contributed by atoms with Crippen LogP contribution in [-0.2, 0) is 19.9 Å². The van der Waals surface area contributed by atoms with Crippen molar-refractivity contribution < 1.29 is 26.7 Å². The van der Waals surface area contributed by atoms with E-state index in [2.05, 4.69) is 9.71 Å². The van der Waals surface area contributed by atoms with Crippen molar-refractivity contribution in [2.45, 2.75) is 22.8 Å². The topological polar surface area (TPSA) is 130 Å². The molecule has 0 aromatic carbocycles. The molecule has 0 saturated heterocycles. The number of carboxylic acid groups (broad SMARTS) is 1. The zero-order valence-electron chi connectivity index (χ0n) is 10.9. The van der Waals surface area contributed by atoms with E-state index in [-0.39, 0.29) is 6.54 Å². The molecule has 0 amide bonds. The van der Waals surface area contributed by atoms with Crippen molar-refractivity contribution in [2.24, 2.45) is 0 Å². The number of hydrogen-bond donors (Lipinski definition) is 2. The Kier molecular flexibility index (Phi) is 4.58. The van der Waals surface area contributed by atoms with Crippen LogP contribution in [0.4, 0.5) is 0 Å². The molecule has 1 heterocycles. The summed E-state index contributed by atoms with van der Waals surface area (Å²) in [5, 5.41) is 8.83. The highest BCUT2D eigenvalue weighted by atomic mass is 32.2. The number of aromatic nitrogens is 1. The Balaban J connectivity index is 3.03. The van der Waals surface area contributed by atoms with Crippen molar-refractivity contribution >= 4 is 37.2 Å². The minimum atomic E-state index is -4.13. The molecule has 0 saturated carbocycles. The Labute approximate surface area is 120 Å². The van der Waals surface area contributed by atoms with Gasteiger partial charge < -0.3 is 5.11 Å². The van der Waals surface area contributed by atoms with Crippen LogP contribution in [0.1, 0.15) is 24.3 Å². The average Bonchev–Trinajstić information content (AvgIpc) is 2.74. The van der Waals surface area contributed by atoms with Gasteiger partial charge in [0.25, 0.3) is 10.0 Å². The van der Waals surface area contributed by atoms with Crippen molar-refractivity contribution in [3.8, 4) is 0 Å². The Hall–Kier alpha value is -1.04. The number of hydrogen-bond acceptors (Lipinski definition) is 7. The highest BCUT2D eigenvalue weighted by Gasteiger charge is 2.33. The molecular weight excluding hydrogens is 328 g/mol. The molecule has 1 aromatic rings. The van der Waals surface area contributed by atoms with Gasteiger partial charge in [0.2, 0.25) is 0 Å². The molecule has 0 unspecified atom stereocenters. The zero-order chi connectivity index (χ0) is 15.8. The first-order chi connectivity index (χ1) is 8.88. The van der Waals surface area contributed by atoms with E-state index in [4.69, 9.17) is 5.11 Å². The molecule has 0 atom stereocenters. The van der Waals surface area contributed by atoms with Crippen LogP contribution < -0.4 is 4.72 Å². The van der Waals surface area contributed by atoms with Crippen LogP contribution in [-0.4, -0.2) is 50.4 Å². The summed E-state index contributed by atoms with van der Waals surface area (Å²) in [6.45, 7) is 2.37. The molecule has 11 heteroatoms. The number of rotatable bonds is 6. The molecule has 0 aliphatic heterocycles. The standard InChI is InChI=1S/C9H14N2O6S3/c1-9(2,19(3,14)15)4-11-20(16,17)8-6(7(12)13)10-5-18-8/h5,11H,4H2,1-3H3,(H,12,13). The van der Waals surface area contributed by atoms with Crippen LogP contribution in [0.25, 0.3) is 0 Å². The van der Waals surface area contributed by atoms with Gasteiger partial charge >= 0.3 is 5.97 Å². The summed E-state index contributed by atoms with van der Waals surface area (Å²) in [7, 11) is -7.60. The van der Waals surface area contributed by atoms with Gasteiger partial charge in [-0.2, -0.15) is 0 Å². The summed E-state index contributed by atoms with van der Waals surface area (Å²) in [5.74, 6) is -1.46. The molecule has 114 valence electrons. The average molecular weight is 342 g/mol. The van der Waals surface area contributed by atoms with Gasteiger partial charge in [0.15, 0.2) is 19.7 Å². The number of thiazole rings is 1. The molecule has 1 aromatic heterocycles. The lowest BCUT2D eigenvalue weighted by Crippen LogP contribution is -2.43. The Bertz CT molecular complexity index is 717. The zero-order valence-corrected chi connectivity index (χ0v) is 13.4. The van der Waals surface area contributed by atoms with Crippen molar-refractivity contribution in [1.29, 1.82) is 0 Å². The SMILES string of the molecule is CC(C)(CNS(=O)(=O)c1scnc1C(=O)O)S(C)(=O)=O. The third-order valence-electron chi connectivity index (χ3n) is 2.67. The summed E-state index contributed by atoms with van der Waals surface area (Å²) in [6.07, 6.45) is 0.997. The number of carboxylic acids is 1. The van der Waals surface area contributed by atoms with Gasteiger partial charge in [0.05, 0.1) is 10.3 Å². The predicted octanol–water partition coefficient (Wildman–Crippen LogP) is -0.0572. The number of nitrogens with zero attached hydrogens (tertiary/aromatic N) is 1. The van der Waals surface area contributed by atoms with Crippen LogP contribution in [0.3, 0.4) is 0 Å². The third-order valence-corrected chi connectivity index (χ3v) is 7.60. The van der Waals surface area contributed by atoms with Gasteiger partial charge in [-0.1, -0.05) is 0 Å². The van der Waals surface area contributed by atoms with Gasteiger partial charge in [-0.15, -0.1) is 11.3 Å². The van der Waals surface area contributed by atoms with E-state index in [9.17, 15) is 21.6 Å². The van der Waals surface area contributed by atoms with E-state index in [1.807, 2.05) is 0 Å². The fourth-order valence-electron chi connectivity index (χ4n) is 1.03. The number of aromatic carboxylic acids is 1. The maximum atomic E-state index is 12.0. The Morgan fingerprint density at radius 3 is 2.40 bits per heavy atom. The van der Waals surface area contributed by atoms with Crippen molar-refractivity contribution in [2.75, 3.05) is 12.8 Å². The third kappa shape index (κ3) is 3.53. The monoisotopic (exact) mass is 342 g/mol. The second-order valence-electron chi connectivity index (χ2n) is 4.65. The fraction of sp³-hybridized carbons (Fsp3) is 0.556. The first-order valence-corrected chi connectivity index (χ1v) is 9.50. The molecular formula is C9H14N2O6S3. The quantitative estimate of drug-likeness (QED) is 0.740. The minimum Gasteiger partial charge on any atom is -0.476 e. The molecule has 0 fully saturated rings. The summed E-state index contributed by atoms with van der Waals surface area (Å²) in [5.41, 5.74) is 0.513. The first-order valence-electron chi connectivity index (χ1n) is 5.24. The molecule has 0 aliphatic rings. The number of sulfonamides is 1. The molecule has 1 rings (SSSR count). The van der Waals surface area contributed by atoms with Crippen LogP contribution in [0.5, 0.6) is 0 Å². The lowest BCUT2D eigenvalue weighted by Gasteiger charge is -2.22. The van der Waals surface area contributed by atoms with Crippen LogP contribution in [0.15, 0.2) is 9.72 Å². The Morgan fingerprint density at radius 2 is 1.95 bits per heavy atom. The number of carbonyl (C=O) groups is 1. The maximum Gasteiger partial charge on any atom is 0.356 e. The van der Waals surface area contributed by atoms with Crippen LogP contribution >= 0.6 is 11.3 Å². The summed E-state index contributed by atoms with van der Waals surface area (Å²) < 4.78 is 47.3. The number of nitrogens with one attached hydrogen (secondary N) is 1. The normalized spacial score (nSPS) is 13.3. The van der Waals surface area contributed by atoms with E-state index < -0.39 is 40.5 Å². The molecule has 20 heavy (non-hydrogen) atoms. The first kappa shape index (κ1) is 17.0. The van der Waals surface area contributed by atoms with Gasteiger partial charge in [-0.25, -0.2) is 31.3 Å². The molecule has 0 radical (unpaired) electrons. The largest absolute Gasteiger partial charge is 0.476 e. The predicted molar refractivity (Wildman–Crippen MR) is 73.2 cm³/mol. The maximum absolute atomic E-state index is 12.0. The summed E-state index contributed by atoms with van der Waals surface area (Å²) >= 11 is 0.651. The van der Waals surface area contributed by atoms with E-state index in [0.717, 1.165) is 11.8 Å². The summed E-state index contributed by atoms with van der Waals surface area (Å²) in [4.78, 5) is 14.3. The van der Waals surface area contributed by atoms with E-state index >= 15 is 0 Å². The molecule has 2 N–H and O–H groups in total. The van der Waals surface area contributed by atoms with Gasteiger partial charge in [-0.05, 0) is 13.8 Å². The van der Waals surface area contributed by atoms with E-state index in [1.54, 1.807) is 0 Å². The molecule has 0 spiro atoms. The van der Waals surface area contributed by atoms with Gasteiger partial charge in [0.1, 0.15) is 0 Å². The highest BCUT2D eigenvalue weighted by Crippen LogP contribution is 2.21. The van der Waals surface area contributed by atoms with Crippen molar-refractivity contribution in [3.63, 3.8) is 0 Å². The van der Waals surface area contributed by atoms with Crippen molar-refractivity contribution in [3.05, 3.63) is 11.2 Å². The lowest BCUT2D eigenvalue weighted by atomic mass is 10.2. The smallest absolute Gasteiger partial charge is 0.356 e. The van der Waals surface area contributed by atoms with E-state index in [1.165, 1.54) is 13.8 Å². The van der Waals surface area contributed by atoms with Crippen molar-refractivity contribution in [1.82, 2.24) is 9.71 Å². The van der Waals surface area contributed by atoms with Crippen LogP contribution in [0.2, 0.25) is 0 Å². The minimum absolute atomic E-state index is 0.370. The second kappa shape index (κ2) is 5.39. The van der Waals surface area contributed by atoms with Crippen LogP contribution in [0, 0.1) is 0 Å². The Morgan fingerprint density at radius 1 is 1.40 bits per heavy atom. The number of sulfone groups is 1. The fourth-order valence-corrected chi connectivity index (χ4v) is 3.85.